The van der Waals surface area contributed by atoms with Crippen molar-refractivity contribution in [2.75, 3.05) is 0 Å². The lowest BCUT2D eigenvalue weighted by molar-refractivity contribution is 0.0697. The Bertz CT molecular complexity index is 459. The van der Waals surface area contributed by atoms with E-state index in [0.717, 1.165) is 11.3 Å². The average molecular weight is 266 g/mol. The van der Waals surface area contributed by atoms with Crippen LogP contribution in [0.25, 0.3) is 0 Å². The number of benzene rings is 1. The Kier molecular flexibility index (Phi) is 3.91. The molecule has 0 atom stereocenters. The van der Waals surface area contributed by atoms with E-state index in [1.54, 1.807) is 18.2 Å². The minimum Gasteiger partial charge on any atom is -0.543 e. The molecule has 0 aromatic heterocycles. The quantitative estimate of drug-likeness (QED) is 0.839. The topological polar surface area (TPSA) is 46.5 Å². The van der Waals surface area contributed by atoms with Crippen molar-refractivity contribution in [3.8, 4) is 5.75 Å². The van der Waals surface area contributed by atoms with Crippen molar-refractivity contribution in [1.29, 1.82) is 0 Å². The second-order valence-electron chi connectivity index (χ2n) is 6.15. The number of aryl methyl sites for hydroxylation is 1. The van der Waals surface area contributed by atoms with Gasteiger partial charge in [-0.05, 0) is 48.8 Å². The molecule has 18 heavy (non-hydrogen) atoms. The van der Waals surface area contributed by atoms with Gasteiger partial charge in [0, 0.05) is 0 Å². The number of carbonyl (C=O) groups is 1. The molecule has 0 fully saturated rings. The van der Waals surface area contributed by atoms with Crippen LogP contribution in [-0.4, -0.2) is 19.4 Å². The molecule has 0 amide bonds. The first-order valence-electron chi connectivity index (χ1n) is 6.07. The first kappa shape index (κ1) is 14.8. The van der Waals surface area contributed by atoms with Gasteiger partial charge in [-0.15, -0.1) is 0 Å². The Balaban J connectivity index is 3.03. The van der Waals surface area contributed by atoms with Crippen LogP contribution in [0.15, 0.2) is 18.2 Å². The summed E-state index contributed by atoms with van der Waals surface area (Å²) < 4.78 is 6.18. The zero-order valence-electron chi connectivity index (χ0n) is 12.0. The fraction of sp³-hybridized carbons (Fsp3) is 0.500. The van der Waals surface area contributed by atoms with Crippen LogP contribution in [-0.2, 0) is 0 Å². The summed E-state index contributed by atoms with van der Waals surface area (Å²) in [7, 11) is -1.87. The number of rotatable bonds is 3. The summed E-state index contributed by atoms with van der Waals surface area (Å²) in [6.45, 7) is 12.8. The van der Waals surface area contributed by atoms with Crippen molar-refractivity contribution in [3.63, 3.8) is 0 Å². The summed E-state index contributed by atoms with van der Waals surface area (Å²) >= 11 is 0. The van der Waals surface area contributed by atoms with Crippen molar-refractivity contribution in [1.82, 2.24) is 0 Å². The van der Waals surface area contributed by atoms with E-state index in [2.05, 4.69) is 33.9 Å². The standard InChI is InChI=1S/C14H22O3Si/c1-10-9-11(13(15)16)7-8-12(10)17-18(5,6)14(2,3)4/h7-9H,1-6H3,(H,15,16). The zero-order chi connectivity index (χ0) is 14.1. The highest BCUT2D eigenvalue weighted by molar-refractivity contribution is 6.74. The molecule has 100 valence electrons. The normalized spacial score (nSPS) is 12.3. The molecule has 0 aliphatic heterocycles. The van der Waals surface area contributed by atoms with E-state index in [1.165, 1.54) is 0 Å². The molecule has 0 bridgehead atoms. The fourth-order valence-electron chi connectivity index (χ4n) is 1.32. The van der Waals surface area contributed by atoms with E-state index in [4.69, 9.17) is 9.53 Å². The molecule has 0 heterocycles. The Labute approximate surface area is 110 Å². The molecule has 0 unspecified atom stereocenters. The van der Waals surface area contributed by atoms with Gasteiger partial charge >= 0.3 is 5.97 Å². The number of carboxylic acids is 1. The van der Waals surface area contributed by atoms with Gasteiger partial charge < -0.3 is 9.53 Å². The molecule has 0 radical (unpaired) electrons. The van der Waals surface area contributed by atoms with E-state index < -0.39 is 14.3 Å². The highest BCUT2D eigenvalue weighted by atomic mass is 28.4. The maximum atomic E-state index is 10.9. The summed E-state index contributed by atoms with van der Waals surface area (Å²) in [5.41, 5.74) is 1.18. The van der Waals surface area contributed by atoms with Crippen molar-refractivity contribution < 1.29 is 14.3 Å². The Morgan fingerprint density at radius 3 is 2.22 bits per heavy atom. The lowest BCUT2D eigenvalue weighted by atomic mass is 10.1. The lowest BCUT2D eigenvalue weighted by Gasteiger charge is -2.36. The predicted octanol–water partition coefficient (Wildman–Crippen LogP) is 4.08. The minimum atomic E-state index is -1.87. The van der Waals surface area contributed by atoms with Crippen molar-refractivity contribution in [3.05, 3.63) is 29.3 Å². The van der Waals surface area contributed by atoms with Gasteiger partial charge in [0.2, 0.25) is 8.32 Å². The molecule has 3 nitrogen and oxygen atoms in total. The van der Waals surface area contributed by atoms with Crippen molar-refractivity contribution in [2.45, 2.75) is 45.8 Å². The van der Waals surface area contributed by atoms with E-state index in [9.17, 15) is 4.79 Å². The maximum Gasteiger partial charge on any atom is 0.335 e. The van der Waals surface area contributed by atoms with Gasteiger partial charge in [0.25, 0.3) is 0 Å². The van der Waals surface area contributed by atoms with Gasteiger partial charge in [0.15, 0.2) is 0 Å². The Morgan fingerprint density at radius 1 is 1.28 bits per heavy atom. The number of hydrogen-bond donors (Lipinski definition) is 1. The molecule has 0 saturated heterocycles. The van der Waals surface area contributed by atoms with Crippen LogP contribution in [0.2, 0.25) is 18.1 Å². The van der Waals surface area contributed by atoms with Gasteiger partial charge in [0.1, 0.15) is 5.75 Å². The summed E-state index contributed by atoms with van der Waals surface area (Å²) in [6.07, 6.45) is 0. The first-order valence-corrected chi connectivity index (χ1v) is 8.98. The molecule has 1 aromatic rings. The Hall–Kier alpha value is -1.29. The van der Waals surface area contributed by atoms with Crippen LogP contribution in [0.4, 0.5) is 0 Å². The van der Waals surface area contributed by atoms with Crippen LogP contribution in [0.5, 0.6) is 5.75 Å². The van der Waals surface area contributed by atoms with Gasteiger partial charge in [-0.1, -0.05) is 20.8 Å². The summed E-state index contributed by atoms with van der Waals surface area (Å²) in [5.74, 6) is -0.108. The molecule has 0 aliphatic rings. The molecular formula is C14H22O3Si. The van der Waals surface area contributed by atoms with Crippen LogP contribution in [0.1, 0.15) is 36.7 Å². The van der Waals surface area contributed by atoms with Crippen molar-refractivity contribution >= 4 is 14.3 Å². The molecule has 0 spiro atoms. The number of aromatic carboxylic acids is 1. The van der Waals surface area contributed by atoms with Crippen LogP contribution >= 0.6 is 0 Å². The fourth-order valence-corrected chi connectivity index (χ4v) is 2.41. The zero-order valence-corrected chi connectivity index (χ0v) is 13.0. The second kappa shape index (κ2) is 4.76. The van der Waals surface area contributed by atoms with Crippen LogP contribution < -0.4 is 4.43 Å². The predicted molar refractivity (Wildman–Crippen MR) is 76.0 cm³/mol. The molecule has 1 rings (SSSR count). The third kappa shape index (κ3) is 3.13. The van der Waals surface area contributed by atoms with E-state index in [1.807, 2.05) is 6.92 Å². The Morgan fingerprint density at radius 2 is 1.83 bits per heavy atom. The average Bonchev–Trinajstić information content (AvgIpc) is 2.18. The maximum absolute atomic E-state index is 10.9. The highest BCUT2D eigenvalue weighted by Gasteiger charge is 2.39. The first-order chi connectivity index (χ1) is 8.04. The van der Waals surface area contributed by atoms with Gasteiger partial charge in [-0.2, -0.15) is 0 Å². The number of carboxylic acid groups (broad SMARTS) is 1. The summed E-state index contributed by atoms with van der Waals surface area (Å²) in [6, 6.07) is 5.02. The van der Waals surface area contributed by atoms with E-state index >= 15 is 0 Å². The van der Waals surface area contributed by atoms with Crippen LogP contribution in [0, 0.1) is 6.92 Å². The smallest absolute Gasteiger partial charge is 0.335 e. The molecule has 4 heteroatoms. The van der Waals surface area contributed by atoms with E-state index in [-0.39, 0.29) is 5.04 Å². The molecule has 0 aliphatic carbocycles. The van der Waals surface area contributed by atoms with Crippen LogP contribution in [0.3, 0.4) is 0 Å². The second-order valence-corrected chi connectivity index (χ2v) is 10.9. The summed E-state index contributed by atoms with van der Waals surface area (Å²) in [5, 5.41) is 9.06. The molecule has 1 aromatic carbocycles. The third-order valence-electron chi connectivity index (χ3n) is 3.59. The molecule has 0 saturated carbocycles. The molecular weight excluding hydrogens is 244 g/mol. The van der Waals surface area contributed by atoms with Gasteiger partial charge in [-0.25, -0.2) is 4.79 Å². The largest absolute Gasteiger partial charge is 0.543 e. The monoisotopic (exact) mass is 266 g/mol. The highest BCUT2D eigenvalue weighted by Crippen LogP contribution is 2.38. The van der Waals surface area contributed by atoms with Crippen molar-refractivity contribution in [2.24, 2.45) is 0 Å². The van der Waals surface area contributed by atoms with E-state index in [0.29, 0.717) is 5.56 Å². The SMILES string of the molecule is Cc1cc(C(=O)O)ccc1O[Si](C)(C)C(C)(C)C. The van der Waals surface area contributed by atoms with Gasteiger partial charge in [0.05, 0.1) is 5.56 Å². The third-order valence-corrected chi connectivity index (χ3v) is 7.94. The molecule has 1 N–H and O–H groups in total. The lowest BCUT2D eigenvalue weighted by Crippen LogP contribution is -2.44. The minimum absolute atomic E-state index is 0.130. The van der Waals surface area contributed by atoms with Gasteiger partial charge in [-0.3, -0.25) is 0 Å². The summed E-state index contributed by atoms with van der Waals surface area (Å²) in [4.78, 5) is 10.9. The number of hydrogen-bond acceptors (Lipinski definition) is 2.